The summed E-state index contributed by atoms with van der Waals surface area (Å²) in [6.45, 7) is 0. The van der Waals surface area contributed by atoms with Crippen molar-refractivity contribution in [3.63, 3.8) is 0 Å². The average Bonchev–Trinajstić information content (AvgIpc) is 2.94. The van der Waals surface area contributed by atoms with Crippen molar-refractivity contribution < 1.29 is 48.7 Å². The quantitative estimate of drug-likeness (QED) is 0.549. The van der Waals surface area contributed by atoms with Crippen molar-refractivity contribution in [2.24, 2.45) is 10.9 Å². The van der Waals surface area contributed by atoms with Crippen molar-refractivity contribution in [2.75, 3.05) is 0 Å². The molecule has 0 saturated heterocycles. The summed E-state index contributed by atoms with van der Waals surface area (Å²) in [5.74, 6) is -5.28. The molecule has 1 heterocycles. The van der Waals surface area contributed by atoms with Gasteiger partial charge in [-0.3, -0.25) is 4.79 Å². The highest BCUT2D eigenvalue weighted by Crippen LogP contribution is 2.59. The molecule has 1 aliphatic heterocycles. The molecule has 0 bridgehead atoms. The van der Waals surface area contributed by atoms with Crippen LogP contribution in [0.3, 0.4) is 0 Å². The van der Waals surface area contributed by atoms with Gasteiger partial charge in [-0.05, 0) is 12.8 Å². The SMILES string of the molecule is O=C(NC1=NC(C(F)(F)F)(C(F)(F)F)C(=C(F)C(F)(F)F)S1)C1CCCCC1. The Bertz CT molecular complexity index is 672. The van der Waals surface area contributed by atoms with Crippen LogP contribution in [0, 0.1) is 5.92 Å². The first kappa shape index (κ1) is 22.8. The molecule has 0 aromatic heterocycles. The Hall–Kier alpha value is -1.47. The van der Waals surface area contributed by atoms with E-state index in [1.165, 1.54) is 0 Å². The number of amidine groups is 1. The molecule has 2 aliphatic rings. The zero-order chi connectivity index (χ0) is 21.5. The van der Waals surface area contributed by atoms with Gasteiger partial charge in [0.25, 0.3) is 5.54 Å². The third-order valence-corrected chi connectivity index (χ3v) is 5.34. The topological polar surface area (TPSA) is 41.5 Å². The normalized spacial score (nSPS) is 23.4. The third kappa shape index (κ3) is 4.10. The number of halogens is 10. The van der Waals surface area contributed by atoms with E-state index in [1.807, 2.05) is 0 Å². The lowest BCUT2D eigenvalue weighted by Crippen LogP contribution is -2.55. The molecule has 2 rings (SSSR count). The number of thioether (sulfide) groups is 1. The zero-order valence-electron chi connectivity index (χ0n) is 13.7. The van der Waals surface area contributed by atoms with Gasteiger partial charge in [0.2, 0.25) is 11.7 Å². The van der Waals surface area contributed by atoms with Gasteiger partial charge in [-0.15, -0.1) is 0 Å². The van der Waals surface area contributed by atoms with Crippen LogP contribution in [-0.2, 0) is 4.79 Å². The lowest BCUT2D eigenvalue weighted by Gasteiger charge is -2.31. The summed E-state index contributed by atoms with van der Waals surface area (Å²) in [5.41, 5.74) is -5.46. The Morgan fingerprint density at radius 1 is 0.964 bits per heavy atom. The predicted octanol–water partition coefficient (Wildman–Crippen LogP) is 5.39. The summed E-state index contributed by atoms with van der Waals surface area (Å²) in [6.07, 6.45) is -16.4. The number of allylic oxidation sites excluding steroid dienone is 1. The smallest absolute Gasteiger partial charge is 0.305 e. The van der Waals surface area contributed by atoms with Gasteiger partial charge >= 0.3 is 18.5 Å². The summed E-state index contributed by atoms with van der Waals surface area (Å²) in [7, 11) is 0. The van der Waals surface area contributed by atoms with Crippen LogP contribution in [-0.4, -0.2) is 35.1 Å². The standard InChI is InChI=1S/C14H12F10N2OS/c15-7(12(16,17)18)8-11(13(19,20)21,14(22,23)24)26-10(28-8)25-9(27)6-4-2-1-3-5-6/h6H,1-5H2,(H,25,26,27). The van der Waals surface area contributed by atoms with Crippen molar-refractivity contribution in [3.05, 3.63) is 10.7 Å². The first-order chi connectivity index (χ1) is 12.6. The molecule has 1 N–H and O–H groups in total. The van der Waals surface area contributed by atoms with Crippen LogP contribution in [0.2, 0.25) is 0 Å². The lowest BCUT2D eigenvalue weighted by molar-refractivity contribution is -0.280. The molecule has 14 heteroatoms. The monoisotopic (exact) mass is 446 g/mol. The highest BCUT2D eigenvalue weighted by molar-refractivity contribution is 8.17. The number of amides is 1. The van der Waals surface area contributed by atoms with E-state index >= 15 is 0 Å². The summed E-state index contributed by atoms with van der Waals surface area (Å²) in [5, 5.41) is 0.300. The molecule has 0 spiro atoms. The minimum absolute atomic E-state index is 0.313. The Morgan fingerprint density at radius 2 is 1.46 bits per heavy atom. The number of nitrogens with zero attached hydrogens (tertiary/aromatic N) is 1. The molecule has 1 aliphatic carbocycles. The predicted molar refractivity (Wildman–Crippen MR) is 78.8 cm³/mol. The average molecular weight is 446 g/mol. The van der Waals surface area contributed by atoms with Gasteiger partial charge in [-0.25, -0.2) is 9.38 Å². The second-order valence-electron chi connectivity index (χ2n) is 6.19. The minimum atomic E-state index is -6.44. The molecule has 0 unspecified atom stereocenters. The van der Waals surface area contributed by atoms with Gasteiger partial charge < -0.3 is 5.32 Å². The molecule has 0 aromatic carbocycles. The fourth-order valence-corrected chi connectivity index (χ4v) is 4.06. The Kier molecular flexibility index (Phi) is 6.04. The van der Waals surface area contributed by atoms with E-state index in [0.29, 0.717) is 25.7 Å². The van der Waals surface area contributed by atoms with Gasteiger partial charge in [-0.1, -0.05) is 31.0 Å². The molecule has 0 atom stereocenters. The molecule has 1 fully saturated rings. The molecule has 0 radical (unpaired) electrons. The second kappa shape index (κ2) is 7.41. The van der Waals surface area contributed by atoms with Crippen LogP contribution in [0.4, 0.5) is 43.9 Å². The largest absolute Gasteiger partial charge is 0.443 e. The van der Waals surface area contributed by atoms with Crippen LogP contribution in [0.1, 0.15) is 32.1 Å². The van der Waals surface area contributed by atoms with Crippen LogP contribution in [0.5, 0.6) is 0 Å². The van der Waals surface area contributed by atoms with Crippen LogP contribution in [0.15, 0.2) is 15.7 Å². The van der Waals surface area contributed by atoms with Crippen molar-refractivity contribution >= 4 is 22.8 Å². The number of carbonyl (C=O) groups is 1. The maximum atomic E-state index is 13.6. The first-order valence-electron chi connectivity index (χ1n) is 7.80. The molecule has 28 heavy (non-hydrogen) atoms. The van der Waals surface area contributed by atoms with Crippen LogP contribution >= 0.6 is 11.8 Å². The highest BCUT2D eigenvalue weighted by atomic mass is 32.2. The number of hydrogen-bond donors (Lipinski definition) is 1. The van der Waals surface area contributed by atoms with Crippen molar-refractivity contribution in [1.29, 1.82) is 0 Å². The maximum Gasteiger partial charge on any atom is 0.443 e. The summed E-state index contributed by atoms with van der Waals surface area (Å²) in [6, 6.07) is 0. The van der Waals surface area contributed by atoms with Crippen LogP contribution < -0.4 is 5.32 Å². The maximum absolute atomic E-state index is 13.6. The Balaban J connectivity index is 2.51. The number of carbonyl (C=O) groups excluding carboxylic acids is 1. The van der Waals surface area contributed by atoms with E-state index in [-0.39, 0.29) is 0 Å². The summed E-state index contributed by atoms with van der Waals surface area (Å²) < 4.78 is 131. The molecule has 160 valence electrons. The van der Waals surface area contributed by atoms with E-state index in [9.17, 15) is 48.7 Å². The van der Waals surface area contributed by atoms with Gasteiger partial charge in [0, 0.05) is 5.92 Å². The highest BCUT2D eigenvalue weighted by Gasteiger charge is 2.77. The van der Waals surface area contributed by atoms with Gasteiger partial charge in [-0.2, -0.15) is 39.5 Å². The van der Waals surface area contributed by atoms with E-state index in [4.69, 9.17) is 0 Å². The Morgan fingerprint density at radius 3 is 1.89 bits per heavy atom. The van der Waals surface area contributed by atoms with E-state index in [1.54, 1.807) is 5.32 Å². The minimum Gasteiger partial charge on any atom is -0.305 e. The number of alkyl halides is 9. The van der Waals surface area contributed by atoms with E-state index < -0.39 is 63.6 Å². The lowest BCUT2D eigenvalue weighted by atomic mass is 9.89. The van der Waals surface area contributed by atoms with Crippen LogP contribution in [0.25, 0.3) is 0 Å². The van der Waals surface area contributed by atoms with Crippen molar-refractivity contribution in [2.45, 2.75) is 56.2 Å². The third-order valence-electron chi connectivity index (χ3n) is 4.27. The molecule has 1 amide bonds. The van der Waals surface area contributed by atoms with E-state index in [2.05, 4.69) is 4.99 Å². The van der Waals surface area contributed by atoms with Crippen molar-refractivity contribution in [1.82, 2.24) is 5.32 Å². The number of rotatable bonds is 1. The molecular weight excluding hydrogens is 434 g/mol. The second-order valence-corrected chi connectivity index (χ2v) is 7.19. The number of nitrogens with one attached hydrogen (secondary N) is 1. The number of aliphatic imine (C=N–C) groups is 1. The fraction of sp³-hybridized carbons (Fsp3) is 0.714. The molecular formula is C14H12F10N2OS. The van der Waals surface area contributed by atoms with Gasteiger partial charge in [0.15, 0.2) is 5.17 Å². The van der Waals surface area contributed by atoms with Crippen molar-refractivity contribution in [3.8, 4) is 0 Å². The van der Waals surface area contributed by atoms with Gasteiger partial charge in [0.1, 0.15) is 0 Å². The van der Waals surface area contributed by atoms with E-state index in [0.717, 1.165) is 6.42 Å². The zero-order valence-corrected chi connectivity index (χ0v) is 14.5. The Labute approximate surface area is 155 Å². The fourth-order valence-electron chi connectivity index (χ4n) is 2.90. The van der Waals surface area contributed by atoms with Gasteiger partial charge in [0.05, 0.1) is 4.91 Å². The molecule has 3 nitrogen and oxygen atoms in total. The molecule has 1 saturated carbocycles. The molecule has 0 aromatic rings. The first-order valence-corrected chi connectivity index (χ1v) is 8.62. The summed E-state index contributed by atoms with van der Waals surface area (Å²) in [4.78, 5) is 11.6. The number of hydrogen-bond acceptors (Lipinski definition) is 3. The summed E-state index contributed by atoms with van der Waals surface area (Å²) >= 11 is -0.839.